The highest BCUT2D eigenvalue weighted by atomic mass is 16.4. The average Bonchev–Trinajstić information content (AvgIpc) is 2.56. The molecule has 0 radical (unpaired) electrons. The second kappa shape index (κ2) is 6.43. The van der Waals surface area contributed by atoms with Crippen LogP contribution in [0.1, 0.15) is 21.6 Å². The van der Waals surface area contributed by atoms with E-state index >= 15 is 0 Å². The van der Waals surface area contributed by atoms with Crippen LogP contribution < -0.4 is 11.7 Å². The number of hydrogen-bond donors (Lipinski definition) is 6. The molecule has 0 bridgehead atoms. The number of aromatic hydroxyl groups is 1. The summed E-state index contributed by atoms with van der Waals surface area (Å²) in [7, 11) is 0. The molecular weight excluding hydrogens is 318 g/mol. The van der Waals surface area contributed by atoms with Gasteiger partial charge in [0, 0.05) is 17.2 Å². The zero-order valence-corrected chi connectivity index (χ0v) is 11.9. The smallest absolute Gasteiger partial charge is 0.354 e. The lowest BCUT2D eigenvalue weighted by molar-refractivity contribution is 0.0690. The minimum Gasteiger partial charge on any atom is -0.507 e. The molecule has 0 unspecified atom stereocenters. The number of carboxylic acids is 1. The molecule has 0 aliphatic rings. The van der Waals surface area contributed by atoms with Crippen LogP contribution in [0.5, 0.6) is 5.75 Å². The lowest BCUT2D eigenvalue weighted by Crippen LogP contribution is -2.08. The van der Waals surface area contributed by atoms with Crippen LogP contribution in [-0.2, 0) is 0 Å². The van der Waals surface area contributed by atoms with Crippen molar-refractivity contribution in [1.29, 1.82) is 11.1 Å². The Labute approximate surface area is 133 Å². The summed E-state index contributed by atoms with van der Waals surface area (Å²) in [6, 6.07) is 3.61. The molecule has 122 valence electrons. The van der Waals surface area contributed by atoms with E-state index in [1.54, 1.807) is 0 Å². The lowest BCUT2D eigenvalue weighted by Gasteiger charge is -2.10. The van der Waals surface area contributed by atoms with Crippen LogP contribution in [0, 0.1) is 11.1 Å². The number of nitrogens with two attached hydrogens (primary N) is 2. The van der Waals surface area contributed by atoms with Crippen LogP contribution in [-0.4, -0.2) is 32.8 Å². The van der Waals surface area contributed by atoms with Crippen LogP contribution in [0.2, 0.25) is 0 Å². The molecule has 0 saturated carbocycles. The first kappa shape index (κ1) is 16.4. The third-order valence-electron chi connectivity index (χ3n) is 3.06. The first-order chi connectivity index (χ1) is 11.5. The van der Waals surface area contributed by atoms with E-state index in [2.05, 4.69) is 25.4 Å². The summed E-state index contributed by atoms with van der Waals surface area (Å²) in [6.07, 6.45) is 0. The second-order valence-corrected chi connectivity index (χ2v) is 4.38. The summed E-state index contributed by atoms with van der Waals surface area (Å²) >= 11 is 0. The molecule has 1 aromatic heterocycles. The summed E-state index contributed by atoms with van der Waals surface area (Å²) < 4.78 is 0. The summed E-state index contributed by atoms with van der Waals surface area (Å²) in [6.45, 7) is 0. The number of carboxylic acid groups (broad SMARTS) is 1. The molecular formula is C12H11N9O3. The number of nitrogens with one attached hydrogen (secondary N) is 2. The molecule has 8 N–H and O–H groups in total. The van der Waals surface area contributed by atoms with Crippen molar-refractivity contribution in [3.63, 3.8) is 0 Å². The fourth-order valence-corrected chi connectivity index (χ4v) is 2.09. The molecule has 2 aromatic rings. The minimum absolute atomic E-state index is 0.0227. The fraction of sp³-hybridized carbons (Fsp3) is 0. The molecule has 0 spiro atoms. The third-order valence-corrected chi connectivity index (χ3v) is 3.06. The Kier molecular flexibility index (Phi) is 4.40. The average molecular weight is 329 g/mol. The van der Waals surface area contributed by atoms with Gasteiger partial charge in [-0.1, -0.05) is 0 Å². The molecule has 0 saturated heterocycles. The number of nitrogens with zero attached hydrogens (tertiary/aromatic N) is 5. The summed E-state index contributed by atoms with van der Waals surface area (Å²) in [5, 5.41) is 32.2. The quantitative estimate of drug-likeness (QED) is 0.158. The predicted molar refractivity (Wildman–Crippen MR) is 82.1 cm³/mol. The van der Waals surface area contributed by atoms with Crippen LogP contribution in [0.4, 0.5) is 0 Å². The highest BCUT2D eigenvalue weighted by Gasteiger charge is 2.19. The zero-order valence-electron chi connectivity index (χ0n) is 11.9. The number of carbonyl (C=O) groups is 1. The summed E-state index contributed by atoms with van der Waals surface area (Å²) in [5.74, 6) is 8.12. The summed E-state index contributed by atoms with van der Waals surface area (Å²) in [4.78, 5) is 15.0. The van der Waals surface area contributed by atoms with Gasteiger partial charge in [-0.15, -0.1) is 10.2 Å². The minimum atomic E-state index is -1.35. The first-order valence-electron chi connectivity index (χ1n) is 6.19. The van der Waals surface area contributed by atoms with Crippen molar-refractivity contribution in [3.8, 4) is 5.75 Å². The molecule has 1 aromatic carbocycles. The van der Waals surface area contributed by atoms with Crippen LogP contribution in [0.3, 0.4) is 0 Å². The molecule has 0 fully saturated rings. The highest BCUT2D eigenvalue weighted by molar-refractivity contribution is 6.14. The molecule has 12 nitrogen and oxygen atoms in total. The van der Waals surface area contributed by atoms with Crippen LogP contribution in [0.15, 0.2) is 38.6 Å². The standard InChI is InChI=1S/C12H11N9O3/c13-18-10(19-14)4-1-5(11(20-15)21-16)9-6(2-4)17-7(12(23)24)3-8(9)22/h1-3,13,15H,14,16H2,(H,17,22)(H,23,24). The van der Waals surface area contributed by atoms with Crippen LogP contribution in [0.25, 0.3) is 10.9 Å². The van der Waals surface area contributed by atoms with Crippen molar-refractivity contribution in [3.05, 3.63) is 35.0 Å². The molecule has 0 amide bonds. The van der Waals surface area contributed by atoms with Gasteiger partial charge in [-0.2, -0.15) is 10.2 Å². The number of hydrazone groups is 2. The van der Waals surface area contributed by atoms with E-state index in [1.807, 2.05) is 0 Å². The molecule has 0 aliphatic carbocycles. The normalized spacial score (nSPS) is 12.2. The van der Waals surface area contributed by atoms with Gasteiger partial charge >= 0.3 is 5.97 Å². The Hall–Kier alpha value is -3.96. The van der Waals surface area contributed by atoms with Gasteiger partial charge in [0.1, 0.15) is 5.75 Å². The third kappa shape index (κ3) is 2.70. The number of benzene rings is 1. The van der Waals surface area contributed by atoms with Gasteiger partial charge in [-0.05, 0) is 12.1 Å². The summed E-state index contributed by atoms with van der Waals surface area (Å²) in [5.41, 5.74) is 14.0. The van der Waals surface area contributed by atoms with Gasteiger partial charge in [-0.3, -0.25) is 0 Å². The fourth-order valence-electron chi connectivity index (χ4n) is 2.09. The Bertz CT molecular complexity index is 920. The van der Waals surface area contributed by atoms with Gasteiger partial charge in [0.25, 0.3) is 0 Å². The van der Waals surface area contributed by atoms with Gasteiger partial charge in [0.2, 0.25) is 5.84 Å². The van der Waals surface area contributed by atoms with E-state index < -0.39 is 17.4 Å². The van der Waals surface area contributed by atoms with Crippen molar-refractivity contribution in [2.24, 2.45) is 32.1 Å². The van der Waals surface area contributed by atoms with Gasteiger partial charge in [-0.25, -0.2) is 20.8 Å². The topological polar surface area (TPSA) is 220 Å². The number of pyridine rings is 1. The van der Waals surface area contributed by atoms with E-state index in [0.29, 0.717) is 0 Å². The maximum Gasteiger partial charge on any atom is 0.354 e. The van der Waals surface area contributed by atoms with E-state index in [4.69, 9.17) is 27.9 Å². The van der Waals surface area contributed by atoms with E-state index in [9.17, 15) is 9.90 Å². The molecule has 1 heterocycles. The second-order valence-electron chi connectivity index (χ2n) is 4.38. The maximum absolute atomic E-state index is 11.1. The monoisotopic (exact) mass is 329 g/mol. The largest absolute Gasteiger partial charge is 0.507 e. The van der Waals surface area contributed by atoms with Crippen molar-refractivity contribution >= 4 is 28.5 Å². The first-order valence-corrected chi connectivity index (χ1v) is 6.19. The molecule has 0 atom stereocenters. The SMILES string of the molecule is N=NC(=NN)c1cc(C(N=N)=NN)c2c(O)cc(C(=O)O)nc2c1. The number of amidine groups is 2. The predicted octanol–water partition coefficient (Wildman–Crippen LogP) is 0.941. The Morgan fingerprint density at radius 2 is 1.71 bits per heavy atom. The highest BCUT2D eigenvalue weighted by Crippen LogP contribution is 2.30. The van der Waals surface area contributed by atoms with E-state index in [-0.39, 0.29) is 33.7 Å². The van der Waals surface area contributed by atoms with Crippen molar-refractivity contribution in [1.82, 2.24) is 4.98 Å². The number of aromatic carboxylic acids is 1. The number of aromatic nitrogens is 1. The Morgan fingerprint density at radius 1 is 1.08 bits per heavy atom. The number of hydrogen-bond acceptors (Lipinski definition) is 9. The number of fused-ring (bicyclic) bond motifs is 1. The Morgan fingerprint density at radius 3 is 2.21 bits per heavy atom. The van der Waals surface area contributed by atoms with Gasteiger partial charge in [0.15, 0.2) is 11.5 Å². The molecule has 24 heavy (non-hydrogen) atoms. The zero-order chi connectivity index (χ0) is 17.9. The number of rotatable bonds is 3. The molecule has 12 heteroatoms. The van der Waals surface area contributed by atoms with E-state index in [1.165, 1.54) is 12.1 Å². The molecule has 0 aliphatic heterocycles. The maximum atomic E-state index is 11.1. The lowest BCUT2D eigenvalue weighted by atomic mass is 10.0. The molecule has 2 rings (SSSR count). The van der Waals surface area contributed by atoms with Crippen LogP contribution >= 0.6 is 0 Å². The Balaban J connectivity index is 2.98. The van der Waals surface area contributed by atoms with Gasteiger partial charge in [0.05, 0.1) is 10.9 Å². The van der Waals surface area contributed by atoms with Crippen molar-refractivity contribution in [2.45, 2.75) is 0 Å². The van der Waals surface area contributed by atoms with Gasteiger partial charge < -0.3 is 21.9 Å². The van der Waals surface area contributed by atoms with Crippen molar-refractivity contribution in [2.75, 3.05) is 0 Å². The van der Waals surface area contributed by atoms with E-state index in [0.717, 1.165) is 6.07 Å². The van der Waals surface area contributed by atoms with Crippen molar-refractivity contribution < 1.29 is 15.0 Å².